The van der Waals surface area contributed by atoms with Crippen LogP contribution in [-0.4, -0.2) is 61.3 Å². The standard InChI is InChI=1S/C15H19F7O8S/c1-3-8-28-11(24)13(14(18,19)20,30-10(23)4-2)29-9-6-5-7-12(16,17)15(21,22)31(25,26)27/h4H,2-3,5-9H2,1H3,(H,25,26,27)/p-1. The predicted octanol–water partition coefficient (Wildman–Crippen LogP) is 2.89. The largest absolute Gasteiger partial charge is 0.743 e. The molecule has 0 aromatic rings. The summed E-state index contributed by atoms with van der Waals surface area (Å²) in [6.07, 6.45) is -9.22. The molecular weight excluding hydrogens is 473 g/mol. The van der Waals surface area contributed by atoms with Crippen LogP contribution in [-0.2, 0) is 33.9 Å². The van der Waals surface area contributed by atoms with Gasteiger partial charge in [0.25, 0.3) is 0 Å². The molecule has 0 spiro atoms. The first kappa shape index (κ1) is 29.1. The molecule has 0 amide bonds. The van der Waals surface area contributed by atoms with Gasteiger partial charge in [0.05, 0.1) is 13.2 Å². The number of hydrogen-bond donors (Lipinski definition) is 0. The Kier molecular flexibility index (Phi) is 9.92. The van der Waals surface area contributed by atoms with Crippen LogP contribution in [0, 0.1) is 0 Å². The van der Waals surface area contributed by atoms with Crippen LogP contribution in [0.25, 0.3) is 0 Å². The average Bonchev–Trinajstić information content (AvgIpc) is 2.62. The van der Waals surface area contributed by atoms with Gasteiger partial charge >= 0.3 is 35.1 Å². The second kappa shape index (κ2) is 10.6. The second-order valence-electron chi connectivity index (χ2n) is 5.86. The van der Waals surface area contributed by atoms with E-state index in [0.717, 1.165) is 0 Å². The van der Waals surface area contributed by atoms with E-state index in [9.17, 15) is 53.3 Å². The monoisotopic (exact) mass is 491 g/mol. The second-order valence-corrected chi connectivity index (χ2v) is 7.28. The molecule has 8 nitrogen and oxygen atoms in total. The minimum Gasteiger partial charge on any atom is -0.743 e. The number of halogens is 7. The van der Waals surface area contributed by atoms with Gasteiger partial charge in [-0.1, -0.05) is 13.5 Å². The highest BCUT2D eigenvalue weighted by Gasteiger charge is 2.67. The Morgan fingerprint density at radius 3 is 2.00 bits per heavy atom. The van der Waals surface area contributed by atoms with Gasteiger partial charge in [-0.05, 0) is 19.3 Å². The van der Waals surface area contributed by atoms with Crippen LogP contribution in [0.1, 0.15) is 32.6 Å². The molecule has 1 atom stereocenters. The summed E-state index contributed by atoms with van der Waals surface area (Å²) in [5.41, 5.74) is 0. The summed E-state index contributed by atoms with van der Waals surface area (Å²) < 4.78 is 137. The number of unbranched alkanes of at least 4 members (excludes halogenated alkanes) is 1. The van der Waals surface area contributed by atoms with Crippen molar-refractivity contribution in [3.8, 4) is 0 Å². The molecule has 0 aromatic heterocycles. The third-order valence-electron chi connectivity index (χ3n) is 3.42. The van der Waals surface area contributed by atoms with Gasteiger partial charge in [0, 0.05) is 12.5 Å². The predicted molar refractivity (Wildman–Crippen MR) is 85.7 cm³/mol. The molecule has 0 rings (SSSR count). The summed E-state index contributed by atoms with van der Waals surface area (Å²) in [5.74, 6) is -13.6. The fraction of sp³-hybridized carbons (Fsp3) is 0.733. The number of carbonyl (C=O) groups excluding carboxylic acids is 2. The van der Waals surface area contributed by atoms with E-state index in [1.165, 1.54) is 6.92 Å². The summed E-state index contributed by atoms with van der Waals surface area (Å²) in [4.78, 5) is 23.2. The van der Waals surface area contributed by atoms with Gasteiger partial charge in [-0.3, -0.25) is 0 Å². The van der Waals surface area contributed by atoms with E-state index >= 15 is 0 Å². The van der Waals surface area contributed by atoms with E-state index < -0.39 is 77.7 Å². The fourth-order valence-corrected chi connectivity index (χ4v) is 2.32. The molecule has 0 N–H and O–H groups in total. The summed E-state index contributed by atoms with van der Waals surface area (Å²) in [7, 11) is -6.72. The van der Waals surface area contributed by atoms with Gasteiger partial charge < -0.3 is 18.8 Å². The van der Waals surface area contributed by atoms with Crippen molar-refractivity contribution in [2.24, 2.45) is 0 Å². The number of ether oxygens (including phenoxy) is 3. The maximum Gasteiger partial charge on any atom is 0.468 e. The van der Waals surface area contributed by atoms with E-state index in [0.29, 0.717) is 0 Å². The van der Waals surface area contributed by atoms with Crippen LogP contribution < -0.4 is 0 Å². The van der Waals surface area contributed by atoms with Crippen LogP contribution in [0.5, 0.6) is 0 Å². The number of carbonyl (C=O) groups is 2. The molecule has 0 fully saturated rings. The van der Waals surface area contributed by atoms with Crippen LogP contribution in [0.2, 0.25) is 0 Å². The Morgan fingerprint density at radius 2 is 1.58 bits per heavy atom. The van der Waals surface area contributed by atoms with Gasteiger partial charge in [-0.2, -0.15) is 30.7 Å². The number of hydrogen-bond acceptors (Lipinski definition) is 8. The van der Waals surface area contributed by atoms with Crippen molar-refractivity contribution in [2.45, 2.75) is 55.7 Å². The molecule has 0 heterocycles. The highest BCUT2D eigenvalue weighted by molar-refractivity contribution is 7.86. The van der Waals surface area contributed by atoms with E-state index in [1.807, 2.05) is 0 Å². The van der Waals surface area contributed by atoms with Crippen molar-refractivity contribution in [1.82, 2.24) is 0 Å². The van der Waals surface area contributed by atoms with E-state index in [1.54, 1.807) is 0 Å². The zero-order chi connectivity index (χ0) is 24.7. The molecule has 16 heteroatoms. The lowest BCUT2D eigenvalue weighted by atomic mass is 10.1. The third kappa shape index (κ3) is 7.03. The smallest absolute Gasteiger partial charge is 0.468 e. The maximum atomic E-state index is 13.5. The van der Waals surface area contributed by atoms with E-state index in [-0.39, 0.29) is 12.5 Å². The van der Waals surface area contributed by atoms with Crippen LogP contribution in [0.3, 0.4) is 0 Å². The fourth-order valence-electron chi connectivity index (χ4n) is 1.85. The Labute approximate surface area is 172 Å². The molecule has 0 aliphatic rings. The lowest BCUT2D eigenvalue weighted by Gasteiger charge is -2.32. The summed E-state index contributed by atoms with van der Waals surface area (Å²) in [5, 5.41) is -5.96. The molecule has 0 aliphatic carbocycles. The third-order valence-corrected chi connectivity index (χ3v) is 4.35. The molecular formula is C15H18F7O8S-. The Morgan fingerprint density at radius 1 is 1.03 bits per heavy atom. The average molecular weight is 491 g/mol. The van der Waals surface area contributed by atoms with Gasteiger partial charge in [-0.15, -0.1) is 0 Å². The van der Waals surface area contributed by atoms with Crippen LogP contribution in [0.4, 0.5) is 30.7 Å². The molecule has 31 heavy (non-hydrogen) atoms. The van der Waals surface area contributed by atoms with Crippen LogP contribution in [0.15, 0.2) is 12.7 Å². The highest BCUT2D eigenvalue weighted by Crippen LogP contribution is 2.42. The van der Waals surface area contributed by atoms with Crippen molar-refractivity contribution in [3.05, 3.63) is 12.7 Å². The SMILES string of the molecule is C=CC(=O)OC(OCCCCC(F)(F)C(F)(F)S(=O)(=O)[O-])(C(=O)OCCC)C(F)(F)F. The quantitative estimate of drug-likeness (QED) is 0.0964. The van der Waals surface area contributed by atoms with Gasteiger partial charge in [0.15, 0.2) is 10.1 Å². The summed E-state index contributed by atoms with van der Waals surface area (Å²) in [6, 6.07) is 0. The molecule has 0 aliphatic heterocycles. The van der Waals surface area contributed by atoms with Gasteiger partial charge in [0.1, 0.15) is 0 Å². The lowest BCUT2D eigenvalue weighted by Crippen LogP contribution is -2.58. The molecule has 0 bridgehead atoms. The molecule has 0 radical (unpaired) electrons. The first-order valence-electron chi connectivity index (χ1n) is 8.34. The Hall–Kier alpha value is -1.94. The topological polar surface area (TPSA) is 119 Å². The van der Waals surface area contributed by atoms with Crippen molar-refractivity contribution < 1.29 is 67.5 Å². The molecule has 1 unspecified atom stereocenters. The summed E-state index contributed by atoms with van der Waals surface area (Å²) >= 11 is 0. The zero-order valence-corrected chi connectivity index (χ0v) is 16.7. The first-order chi connectivity index (χ1) is 13.9. The maximum absolute atomic E-state index is 13.5. The van der Waals surface area contributed by atoms with Gasteiger partial charge in [0.2, 0.25) is 0 Å². The number of esters is 2. The lowest BCUT2D eigenvalue weighted by molar-refractivity contribution is -0.354. The van der Waals surface area contributed by atoms with Crippen molar-refractivity contribution in [1.29, 1.82) is 0 Å². The minimum absolute atomic E-state index is 0.0704. The first-order valence-corrected chi connectivity index (χ1v) is 9.74. The number of rotatable bonds is 13. The Balaban J connectivity index is 5.39. The van der Waals surface area contributed by atoms with Gasteiger partial charge in [-0.25, -0.2) is 18.0 Å². The normalized spacial score (nSPS) is 15.1. The molecule has 182 valence electrons. The summed E-state index contributed by atoms with van der Waals surface area (Å²) in [6.45, 7) is 2.51. The highest BCUT2D eigenvalue weighted by atomic mass is 32.2. The number of alkyl halides is 7. The molecule has 0 aromatic carbocycles. The van der Waals surface area contributed by atoms with E-state index in [2.05, 4.69) is 20.8 Å². The van der Waals surface area contributed by atoms with E-state index in [4.69, 9.17) is 0 Å². The van der Waals surface area contributed by atoms with Crippen LogP contribution >= 0.6 is 0 Å². The zero-order valence-electron chi connectivity index (χ0n) is 15.8. The van der Waals surface area contributed by atoms with Crippen molar-refractivity contribution in [2.75, 3.05) is 13.2 Å². The Bertz CT molecular complexity index is 751. The van der Waals surface area contributed by atoms with Crippen molar-refractivity contribution >= 4 is 22.1 Å². The molecule has 0 saturated heterocycles. The molecule has 0 saturated carbocycles. The minimum atomic E-state index is -6.72. The van der Waals surface area contributed by atoms with Crippen molar-refractivity contribution in [3.63, 3.8) is 0 Å².